The molecule has 1 unspecified atom stereocenters. The van der Waals surface area contributed by atoms with Crippen molar-refractivity contribution in [2.75, 3.05) is 13.1 Å². The first-order valence-corrected chi connectivity index (χ1v) is 7.97. The number of hydrogen-bond acceptors (Lipinski definition) is 3. The molecule has 0 bridgehead atoms. The van der Waals surface area contributed by atoms with Gasteiger partial charge in [0, 0.05) is 13.1 Å². The Kier molecular flexibility index (Phi) is 4.74. The lowest BCUT2D eigenvalue weighted by molar-refractivity contribution is -0.137. The lowest BCUT2D eigenvalue weighted by atomic mass is 10.1. The van der Waals surface area contributed by atoms with Crippen LogP contribution >= 0.6 is 0 Å². The fraction of sp³-hybridized carbons (Fsp3) is 0.462. The fourth-order valence-electron chi connectivity index (χ4n) is 2.27. The Morgan fingerprint density at radius 2 is 1.85 bits per heavy atom. The van der Waals surface area contributed by atoms with Gasteiger partial charge in [-0.15, -0.1) is 0 Å². The van der Waals surface area contributed by atoms with Crippen molar-refractivity contribution < 1.29 is 18.3 Å². The minimum absolute atomic E-state index is 0.281. The van der Waals surface area contributed by atoms with Crippen LogP contribution < -0.4 is 4.72 Å². The van der Waals surface area contributed by atoms with E-state index in [0.717, 1.165) is 12.8 Å². The molecule has 20 heavy (non-hydrogen) atoms. The quantitative estimate of drug-likeness (QED) is 0.824. The summed E-state index contributed by atoms with van der Waals surface area (Å²) in [6.45, 7) is 0.980. The number of benzene rings is 1. The maximum absolute atomic E-state index is 12.2. The highest BCUT2D eigenvalue weighted by Gasteiger charge is 2.29. The third-order valence-corrected chi connectivity index (χ3v) is 4.90. The van der Waals surface area contributed by atoms with Crippen LogP contribution in [0.1, 0.15) is 30.9 Å². The molecule has 1 fully saturated rings. The first kappa shape index (κ1) is 15.0. The van der Waals surface area contributed by atoms with Crippen molar-refractivity contribution in [2.45, 2.75) is 25.3 Å². The average Bonchev–Trinajstić information content (AvgIpc) is 2.93. The van der Waals surface area contributed by atoms with Gasteiger partial charge in [-0.2, -0.15) is 17.4 Å². The number of rotatable bonds is 6. The second kappa shape index (κ2) is 6.34. The third-order valence-electron chi connectivity index (χ3n) is 3.28. The molecule has 0 saturated carbocycles. The predicted molar refractivity (Wildman–Crippen MR) is 74.3 cm³/mol. The predicted octanol–water partition coefficient (Wildman–Crippen LogP) is 1.13. The Labute approximate surface area is 118 Å². The SMILES string of the molecule is O=C(O)CC(NS(=O)(=O)N1CCCC1)c1ccccc1. The van der Waals surface area contributed by atoms with E-state index in [1.807, 2.05) is 0 Å². The Hall–Kier alpha value is -1.44. The maximum atomic E-state index is 12.2. The molecule has 1 aromatic carbocycles. The smallest absolute Gasteiger partial charge is 0.305 e. The van der Waals surface area contributed by atoms with E-state index in [1.165, 1.54) is 4.31 Å². The topological polar surface area (TPSA) is 86.7 Å². The number of aliphatic carboxylic acids is 1. The summed E-state index contributed by atoms with van der Waals surface area (Å²) in [5.41, 5.74) is 0.651. The van der Waals surface area contributed by atoms with Crippen LogP contribution in [0.15, 0.2) is 30.3 Å². The lowest BCUT2D eigenvalue weighted by Gasteiger charge is -2.22. The van der Waals surface area contributed by atoms with E-state index >= 15 is 0 Å². The summed E-state index contributed by atoms with van der Waals surface area (Å²) in [4.78, 5) is 10.9. The largest absolute Gasteiger partial charge is 0.481 e. The maximum Gasteiger partial charge on any atom is 0.305 e. The van der Waals surface area contributed by atoms with E-state index in [1.54, 1.807) is 30.3 Å². The molecule has 110 valence electrons. The summed E-state index contributed by atoms with van der Waals surface area (Å²) >= 11 is 0. The summed E-state index contributed by atoms with van der Waals surface area (Å²) in [6, 6.07) is 8.01. The van der Waals surface area contributed by atoms with E-state index in [9.17, 15) is 13.2 Å². The monoisotopic (exact) mass is 298 g/mol. The summed E-state index contributed by atoms with van der Waals surface area (Å²) < 4.78 is 28.3. The number of carboxylic acids is 1. The van der Waals surface area contributed by atoms with Crippen molar-refractivity contribution in [3.05, 3.63) is 35.9 Å². The molecule has 1 aliphatic rings. The van der Waals surface area contributed by atoms with Gasteiger partial charge in [-0.1, -0.05) is 30.3 Å². The number of carbonyl (C=O) groups is 1. The van der Waals surface area contributed by atoms with E-state index in [-0.39, 0.29) is 6.42 Å². The highest BCUT2D eigenvalue weighted by Crippen LogP contribution is 2.20. The Morgan fingerprint density at radius 3 is 2.40 bits per heavy atom. The van der Waals surface area contributed by atoms with Gasteiger partial charge >= 0.3 is 5.97 Å². The zero-order valence-corrected chi connectivity index (χ0v) is 11.8. The van der Waals surface area contributed by atoms with Crippen LogP contribution in [-0.4, -0.2) is 36.9 Å². The number of carboxylic acid groups (broad SMARTS) is 1. The van der Waals surface area contributed by atoms with Crippen molar-refractivity contribution in [3.63, 3.8) is 0 Å². The molecule has 1 aromatic rings. The zero-order chi connectivity index (χ0) is 14.6. The van der Waals surface area contributed by atoms with Crippen molar-refractivity contribution >= 4 is 16.2 Å². The molecule has 0 aliphatic carbocycles. The molecule has 7 heteroatoms. The molecule has 6 nitrogen and oxygen atoms in total. The highest BCUT2D eigenvalue weighted by molar-refractivity contribution is 7.87. The molecule has 0 amide bonds. The van der Waals surface area contributed by atoms with Gasteiger partial charge in [0.05, 0.1) is 12.5 Å². The van der Waals surface area contributed by atoms with Crippen molar-refractivity contribution in [1.29, 1.82) is 0 Å². The second-order valence-electron chi connectivity index (χ2n) is 4.79. The van der Waals surface area contributed by atoms with Gasteiger partial charge in [0.25, 0.3) is 10.2 Å². The van der Waals surface area contributed by atoms with Crippen LogP contribution in [0.5, 0.6) is 0 Å². The normalized spacial score (nSPS) is 18.0. The summed E-state index contributed by atoms with van der Waals surface area (Å²) in [7, 11) is -3.63. The van der Waals surface area contributed by atoms with Crippen LogP contribution in [-0.2, 0) is 15.0 Å². The molecular formula is C13H18N2O4S. The van der Waals surface area contributed by atoms with Gasteiger partial charge in [-0.05, 0) is 18.4 Å². The standard InChI is InChI=1S/C13H18N2O4S/c16-13(17)10-12(11-6-2-1-3-7-11)14-20(18,19)15-8-4-5-9-15/h1-3,6-7,12,14H,4-5,8-10H2,(H,16,17). The molecular weight excluding hydrogens is 280 g/mol. The van der Waals surface area contributed by atoms with Crippen LogP contribution in [0.4, 0.5) is 0 Å². The molecule has 2 N–H and O–H groups in total. The second-order valence-corrected chi connectivity index (χ2v) is 6.49. The first-order valence-electron chi connectivity index (χ1n) is 6.53. The molecule has 1 heterocycles. The van der Waals surface area contributed by atoms with E-state index in [4.69, 9.17) is 5.11 Å². The lowest BCUT2D eigenvalue weighted by Crippen LogP contribution is -2.41. The molecule has 1 atom stereocenters. The van der Waals surface area contributed by atoms with Gasteiger partial charge in [-0.25, -0.2) is 0 Å². The number of hydrogen-bond donors (Lipinski definition) is 2. The first-order chi connectivity index (χ1) is 9.49. The van der Waals surface area contributed by atoms with Gasteiger partial charge < -0.3 is 5.11 Å². The van der Waals surface area contributed by atoms with Gasteiger partial charge in [0.1, 0.15) is 0 Å². The van der Waals surface area contributed by atoms with E-state index in [0.29, 0.717) is 18.7 Å². The Bertz CT molecular complexity index is 553. The molecule has 1 saturated heterocycles. The van der Waals surface area contributed by atoms with Crippen LogP contribution in [0.2, 0.25) is 0 Å². The highest BCUT2D eigenvalue weighted by atomic mass is 32.2. The van der Waals surface area contributed by atoms with Crippen LogP contribution in [0, 0.1) is 0 Å². The average molecular weight is 298 g/mol. The molecule has 2 rings (SSSR count). The van der Waals surface area contributed by atoms with Crippen molar-refractivity contribution in [1.82, 2.24) is 9.03 Å². The van der Waals surface area contributed by atoms with Crippen LogP contribution in [0.3, 0.4) is 0 Å². The van der Waals surface area contributed by atoms with Gasteiger partial charge in [0.2, 0.25) is 0 Å². The van der Waals surface area contributed by atoms with E-state index in [2.05, 4.69) is 4.72 Å². The molecule has 0 aromatic heterocycles. The van der Waals surface area contributed by atoms with Crippen molar-refractivity contribution in [2.24, 2.45) is 0 Å². The minimum Gasteiger partial charge on any atom is -0.481 e. The van der Waals surface area contributed by atoms with Gasteiger partial charge in [-0.3, -0.25) is 4.79 Å². The number of nitrogens with zero attached hydrogens (tertiary/aromatic N) is 1. The fourth-order valence-corrected chi connectivity index (χ4v) is 3.74. The molecule has 0 spiro atoms. The Morgan fingerprint density at radius 1 is 1.25 bits per heavy atom. The van der Waals surface area contributed by atoms with Crippen molar-refractivity contribution in [3.8, 4) is 0 Å². The van der Waals surface area contributed by atoms with Crippen LogP contribution in [0.25, 0.3) is 0 Å². The Balaban J connectivity index is 2.17. The summed E-state index contributed by atoms with van der Waals surface area (Å²) in [6.07, 6.45) is 1.41. The minimum atomic E-state index is -3.63. The molecule has 1 aliphatic heterocycles. The summed E-state index contributed by atoms with van der Waals surface area (Å²) in [5.74, 6) is -1.04. The summed E-state index contributed by atoms with van der Waals surface area (Å²) in [5, 5.41) is 8.96. The molecule has 0 radical (unpaired) electrons. The zero-order valence-electron chi connectivity index (χ0n) is 11.0. The third kappa shape index (κ3) is 3.78. The number of nitrogens with one attached hydrogen (secondary N) is 1. The van der Waals surface area contributed by atoms with Gasteiger partial charge in [0.15, 0.2) is 0 Å². The van der Waals surface area contributed by atoms with E-state index < -0.39 is 22.2 Å².